The highest BCUT2D eigenvalue weighted by Crippen LogP contribution is 2.02. The molecule has 0 atom stereocenters. The molecule has 0 aliphatic rings. The fourth-order valence-electron chi connectivity index (χ4n) is 0.960. The van der Waals surface area contributed by atoms with Gasteiger partial charge >= 0.3 is 0 Å². The fourth-order valence-corrected chi connectivity index (χ4v) is 0.960. The number of rotatable bonds is 3. The van der Waals surface area contributed by atoms with Crippen LogP contribution in [0.4, 0.5) is 0 Å². The van der Waals surface area contributed by atoms with Crippen LogP contribution in [0.25, 0.3) is 0 Å². The van der Waals surface area contributed by atoms with Crippen molar-refractivity contribution in [1.82, 2.24) is 5.01 Å². The normalized spacial score (nSPS) is 10.5. The van der Waals surface area contributed by atoms with Gasteiger partial charge in [-0.25, -0.2) is 0 Å². The molecular formula is C11H14N2O. The Hall–Kier alpha value is -1.64. The second-order valence-electron chi connectivity index (χ2n) is 3.32. The van der Waals surface area contributed by atoms with Gasteiger partial charge in [-0.3, -0.25) is 4.79 Å². The number of Topliss-reactive ketones (excluding diaryl/α,β-unsaturated/α-hetero) is 1. The molecule has 14 heavy (non-hydrogen) atoms. The van der Waals surface area contributed by atoms with E-state index in [0.29, 0.717) is 5.56 Å². The van der Waals surface area contributed by atoms with E-state index in [0.717, 1.165) is 5.56 Å². The van der Waals surface area contributed by atoms with Crippen molar-refractivity contribution in [2.24, 2.45) is 5.10 Å². The standard InChI is InChI=1S/C11H14N2O/c1-9-4-6-10(7-5-9)11(14)8-12-13(2)3/h4-8H,1-3H3/b12-8-. The van der Waals surface area contributed by atoms with Gasteiger partial charge in [0.25, 0.3) is 0 Å². The molecule has 0 fully saturated rings. The van der Waals surface area contributed by atoms with Crippen LogP contribution in [0.2, 0.25) is 0 Å². The topological polar surface area (TPSA) is 32.7 Å². The van der Waals surface area contributed by atoms with Gasteiger partial charge in [-0.1, -0.05) is 29.8 Å². The Morgan fingerprint density at radius 1 is 1.29 bits per heavy atom. The van der Waals surface area contributed by atoms with E-state index in [9.17, 15) is 4.79 Å². The monoisotopic (exact) mass is 190 g/mol. The van der Waals surface area contributed by atoms with Gasteiger partial charge in [0.05, 0.1) is 6.21 Å². The van der Waals surface area contributed by atoms with Gasteiger partial charge < -0.3 is 5.01 Å². The molecule has 0 saturated carbocycles. The molecule has 0 amide bonds. The van der Waals surface area contributed by atoms with Gasteiger partial charge in [0, 0.05) is 19.7 Å². The zero-order valence-corrected chi connectivity index (χ0v) is 8.69. The van der Waals surface area contributed by atoms with Gasteiger partial charge in [0.2, 0.25) is 5.78 Å². The second-order valence-corrected chi connectivity index (χ2v) is 3.32. The maximum absolute atomic E-state index is 11.5. The summed E-state index contributed by atoms with van der Waals surface area (Å²) in [5.74, 6) is -0.0706. The number of carbonyl (C=O) groups excluding carboxylic acids is 1. The van der Waals surface area contributed by atoms with Crippen LogP contribution in [-0.2, 0) is 0 Å². The Bertz CT molecular complexity index is 339. The maximum atomic E-state index is 11.5. The summed E-state index contributed by atoms with van der Waals surface area (Å²) in [6.45, 7) is 1.99. The van der Waals surface area contributed by atoms with Crippen molar-refractivity contribution in [2.75, 3.05) is 14.1 Å². The quantitative estimate of drug-likeness (QED) is 0.413. The predicted octanol–water partition coefficient (Wildman–Crippen LogP) is 1.73. The van der Waals surface area contributed by atoms with E-state index in [1.165, 1.54) is 6.21 Å². The van der Waals surface area contributed by atoms with Crippen molar-refractivity contribution < 1.29 is 4.79 Å². The summed E-state index contributed by atoms with van der Waals surface area (Å²) in [6, 6.07) is 7.44. The van der Waals surface area contributed by atoms with E-state index >= 15 is 0 Å². The number of hydrazone groups is 1. The van der Waals surface area contributed by atoms with Gasteiger partial charge in [-0.2, -0.15) is 5.10 Å². The number of carbonyl (C=O) groups is 1. The summed E-state index contributed by atoms with van der Waals surface area (Å²) >= 11 is 0. The Labute approximate surface area is 84.0 Å². The summed E-state index contributed by atoms with van der Waals surface area (Å²) in [4.78, 5) is 11.5. The van der Waals surface area contributed by atoms with Gasteiger partial charge in [-0.05, 0) is 6.92 Å². The third-order valence-electron chi connectivity index (χ3n) is 1.74. The van der Waals surface area contributed by atoms with E-state index in [2.05, 4.69) is 5.10 Å². The Morgan fingerprint density at radius 3 is 2.36 bits per heavy atom. The zero-order valence-electron chi connectivity index (χ0n) is 8.69. The molecule has 3 heteroatoms. The Kier molecular flexibility index (Phi) is 3.40. The molecule has 0 bridgehead atoms. The number of ketones is 1. The lowest BCUT2D eigenvalue weighted by molar-refractivity contribution is 0.106. The highest BCUT2D eigenvalue weighted by Gasteiger charge is 2.00. The lowest BCUT2D eigenvalue weighted by Gasteiger charge is -2.01. The van der Waals surface area contributed by atoms with Crippen LogP contribution in [0.3, 0.4) is 0 Å². The lowest BCUT2D eigenvalue weighted by atomic mass is 10.1. The lowest BCUT2D eigenvalue weighted by Crippen LogP contribution is -2.07. The number of hydrogen-bond donors (Lipinski definition) is 0. The van der Waals surface area contributed by atoms with Crippen LogP contribution >= 0.6 is 0 Å². The molecule has 0 spiro atoms. The van der Waals surface area contributed by atoms with Crippen LogP contribution in [0, 0.1) is 6.92 Å². The molecule has 3 nitrogen and oxygen atoms in total. The molecule has 0 heterocycles. The first-order chi connectivity index (χ1) is 6.59. The third-order valence-corrected chi connectivity index (χ3v) is 1.74. The molecule has 0 saturated heterocycles. The molecule has 0 aliphatic heterocycles. The number of aryl methyl sites for hydroxylation is 1. The van der Waals surface area contributed by atoms with Crippen LogP contribution < -0.4 is 0 Å². The van der Waals surface area contributed by atoms with Gasteiger partial charge in [-0.15, -0.1) is 0 Å². The molecule has 1 aromatic rings. The van der Waals surface area contributed by atoms with Crippen LogP contribution in [0.15, 0.2) is 29.4 Å². The van der Waals surface area contributed by atoms with Crippen molar-refractivity contribution >= 4 is 12.0 Å². The third kappa shape index (κ3) is 3.01. The van der Waals surface area contributed by atoms with Crippen molar-refractivity contribution in [2.45, 2.75) is 6.92 Å². The minimum Gasteiger partial charge on any atom is -0.303 e. The minimum absolute atomic E-state index is 0.0706. The molecule has 0 radical (unpaired) electrons. The van der Waals surface area contributed by atoms with Crippen LogP contribution in [0.5, 0.6) is 0 Å². The molecule has 74 valence electrons. The van der Waals surface area contributed by atoms with Crippen molar-refractivity contribution in [1.29, 1.82) is 0 Å². The summed E-state index contributed by atoms with van der Waals surface area (Å²) in [7, 11) is 3.55. The smallest absolute Gasteiger partial charge is 0.205 e. The molecule has 0 aliphatic carbocycles. The van der Waals surface area contributed by atoms with Crippen LogP contribution in [0.1, 0.15) is 15.9 Å². The number of hydrogen-bond acceptors (Lipinski definition) is 3. The summed E-state index contributed by atoms with van der Waals surface area (Å²) in [5, 5.41) is 5.47. The van der Waals surface area contributed by atoms with Crippen molar-refractivity contribution in [3.05, 3.63) is 35.4 Å². The average Bonchev–Trinajstić information content (AvgIpc) is 2.15. The maximum Gasteiger partial charge on any atom is 0.205 e. The van der Waals surface area contributed by atoms with Crippen molar-refractivity contribution in [3.8, 4) is 0 Å². The SMILES string of the molecule is Cc1ccc(C(=O)/C=N\N(C)C)cc1. The number of benzene rings is 1. The highest BCUT2D eigenvalue weighted by atomic mass is 16.1. The first kappa shape index (κ1) is 10.4. The van der Waals surface area contributed by atoms with E-state index < -0.39 is 0 Å². The Balaban J connectivity index is 2.75. The van der Waals surface area contributed by atoms with E-state index in [1.807, 2.05) is 19.1 Å². The Morgan fingerprint density at radius 2 is 1.86 bits per heavy atom. The predicted molar refractivity (Wildman–Crippen MR) is 57.7 cm³/mol. The molecule has 0 aromatic heterocycles. The summed E-state index contributed by atoms with van der Waals surface area (Å²) in [5.41, 5.74) is 1.81. The van der Waals surface area contributed by atoms with Crippen molar-refractivity contribution in [3.63, 3.8) is 0 Å². The van der Waals surface area contributed by atoms with E-state index in [-0.39, 0.29) is 5.78 Å². The molecule has 0 N–H and O–H groups in total. The highest BCUT2D eigenvalue weighted by molar-refractivity contribution is 6.35. The molecular weight excluding hydrogens is 176 g/mol. The molecule has 1 rings (SSSR count). The number of nitrogens with zero attached hydrogens (tertiary/aromatic N) is 2. The van der Waals surface area contributed by atoms with Gasteiger partial charge in [0.1, 0.15) is 0 Å². The largest absolute Gasteiger partial charge is 0.303 e. The van der Waals surface area contributed by atoms with E-state index in [4.69, 9.17) is 0 Å². The first-order valence-electron chi connectivity index (χ1n) is 4.42. The second kappa shape index (κ2) is 4.56. The average molecular weight is 190 g/mol. The summed E-state index contributed by atoms with van der Waals surface area (Å²) < 4.78 is 0. The van der Waals surface area contributed by atoms with E-state index in [1.54, 1.807) is 31.2 Å². The fraction of sp³-hybridized carbons (Fsp3) is 0.273. The van der Waals surface area contributed by atoms with Gasteiger partial charge in [0.15, 0.2) is 0 Å². The zero-order chi connectivity index (χ0) is 10.6. The molecule has 1 aromatic carbocycles. The van der Waals surface area contributed by atoms with Crippen LogP contribution in [-0.4, -0.2) is 31.1 Å². The molecule has 0 unspecified atom stereocenters. The summed E-state index contributed by atoms with van der Waals surface area (Å²) in [6.07, 6.45) is 1.32. The first-order valence-corrected chi connectivity index (χ1v) is 4.42. The minimum atomic E-state index is -0.0706.